The molecule has 0 N–H and O–H groups in total. The molecule has 0 unspecified atom stereocenters. The standard InChI is InChI=1S/C19H16BrFN2O2/c20-13-5-6-15(21)14(11-13)19(24)23-9-7-12(8-10-23)18-22-16-3-1-2-4-17(16)25-18/h1-6,11-12H,7-10H2. The Bertz CT molecular complexity index is 899. The van der Waals surface area contributed by atoms with Crippen molar-refractivity contribution in [3.8, 4) is 0 Å². The maximum Gasteiger partial charge on any atom is 0.256 e. The van der Waals surface area contributed by atoms with Crippen molar-refractivity contribution in [3.63, 3.8) is 0 Å². The third-order valence-electron chi connectivity index (χ3n) is 4.60. The normalized spacial score (nSPS) is 15.7. The second kappa shape index (κ2) is 6.59. The molecular weight excluding hydrogens is 387 g/mol. The number of para-hydroxylation sites is 2. The first-order chi connectivity index (χ1) is 12.1. The van der Waals surface area contributed by atoms with Gasteiger partial charge in [0.2, 0.25) is 0 Å². The number of hydrogen-bond donors (Lipinski definition) is 0. The Morgan fingerprint density at radius 1 is 1.20 bits per heavy atom. The second-order valence-electron chi connectivity index (χ2n) is 6.21. The molecule has 4 nitrogen and oxygen atoms in total. The number of piperidine rings is 1. The largest absolute Gasteiger partial charge is 0.440 e. The zero-order valence-electron chi connectivity index (χ0n) is 13.4. The molecule has 1 aromatic heterocycles. The van der Waals surface area contributed by atoms with Crippen LogP contribution >= 0.6 is 15.9 Å². The van der Waals surface area contributed by atoms with Crippen LogP contribution in [0.25, 0.3) is 11.1 Å². The van der Waals surface area contributed by atoms with E-state index in [9.17, 15) is 9.18 Å². The number of amides is 1. The number of fused-ring (bicyclic) bond motifs is 1. The minimum Gasteiger partial charge on any atom is -0.440 e. The molecule has 1 amide bonds. The number of rotatable bonds is 2. The van der Waals surface area contributed by atoms with Gasteiger partial charge in [0.1, 0.15) is 11.3 Å². The van der Waals surface area contributed by atoms with Gasteiger partial charge in [-0.05, 0) is 43.2 Å². The Morgan fingerprint density at radius 2 is 1.96 bits per heavy atom. The first-order valence-electron chi connectivity index (χ1n) is 8.21. The number of likely N-dealkylation sites (tertiary alicyclic amines) is 1. The van der Waals surface area contributed by atoms with E-state index < -0.39 is 5.82 Å². The molecule has 6 heteroatoms. The molecule has 128 valence electrons. The minimum absolute atomic E-state index is 0.106. The summed E-state index contributed by atoms with van der Waals surface area (Å²) in [5.41, 5.74) is 1.74. The van der Waals surface area contributed by atoms with E-state index in [0.717, 1.165) is 29.8 Å². The lowest BCUT2D eigenvalue weighted by Gasteiger charge is -2.30. The van der Waals surface area contributed by atoms with Gasteiger partial charge in [0, 0.05) is 23.5 Å². The van der Waals surface area contributed by atoms with Gasteiger partial charge in [0.25, 0.3) is 5.91 Å². The highest BCUT2D eigenvalue weighted by atomic mass is 79.9. The summed E-state index contributed by atoms with van der Waals surface area (Å²) in [5.74, 6) is 0.148. The Morgan fingerprint density at radius 3 is 2.72 bits per heavy atom. The lowest BCUT2D eigenvalue weighted by Crippen LogP contribution is -2.38. The second-order valence-corrected chi connectivity index (χ2v) is 7.13. The van der Waals surface area contributed by atoms with Crippen molar-refractivity contribution in [2.75, 3.05) is 13.1 Å². The van der Waals surface area contributed by atoms with Crippen LogP contribution in [0.4, 0.5) is 4.39 Å². The van der Waals surface area contributed by atoms with Crippen molar-refractivity contribution >= 4 is 32.9 Å². The minimum atomic E-state index is -0.491. The van der Waals surface area contributed by atoms with Gasteiger partial charge in [-0.3, -0.25) is 4.79 Å². The molecule has 0 spiro atoms. The van der Waals surface area contributed by atoms with Gasteiger partial charge in [0.15, 0.2) is 11.5 Å². The van der Waals surface area contributed by atoms with Crippen LogP contribution in [0.15, 0.2) is 51.4 Å². The Balaban J connectivity index is 1.47. The molecule has 0 atom stereocenters. The summed E-state index contributed by atoms with van der Waals surface area (Å²) in [6.45, 7) is 1.13. The third-order valence-corrected chi connectivity index (χ3v) is 5.09. The van der Waals surface area contributed by atoms with E-state index in [0.29, 0.717) is 17.6 Å². The summed E-state index contributed by atoms with van der Waals surface area (Å²) >= 11 is 3.29. The average molecular weight is 403 g/mol. The maximum absolute atomic E-state index is 13.9. The fourth-order valence-corrected chi connectivity index (χ4v) is 3.59. The number of aromatic nitrogens is 1. The molecule has 25 heavy (non-hydrogen) atoms. The molecule has 0 saturated carbocycles. The van der Waals surface area contributed by atoms with Crippen molar-refractivity contribution < 1.29 is 13.6 Å². The zero-order valence-corrected chi connectivity index (χ0v) is 15.0. The summed E-state index contributed by atoms with van der Waals surface area (Å²) in [7, 11) is 0. The first-order valence-corrected chi connectivity index (χ1v) is 9.01. The van der Waals surface area contributed by atoms with Gasteiger partial charge in [-0.1, -0.05) is 28.1 Å². The topological polar surface area (TPSA) is 46.3 Å². The number of carbonyl (C=O) groups is 1. The monoisotopic (exact) mass is 402 g/mol. The van der Waals surface area contributed by atoms with Crippen LogP contribution in [0.1, 0.15) is 35.0 Å². The number of nitrogens with zero attached hydrogens (tertiary/aromatic N) is 2. The molecule has 4 rings (SSSR count). The number of carbonyl (C=O) groups excluding carboxylic acids is 1. The van der Waals surface area contributed by atoms with Crippen LogP contribution in [0.3, 0.4) is 0 Å². The smallest absolute Gasteiger partial charge is 0.256 e. The fraction of sp³-hybridized carbons (Fsp3) is 0.263. The van der Waals surface area contributed by atoms with E-state index in [2.05, 4.69) is 20.9 Å². The van der Waals surface area contributed by atoms with Gasteiger partial charge < -0.3 is 9.32 Å². The van der Waals surface area contributed by atoms with E-state index in [4.69, 9.17) is 4.42 Å². The molecule has 1 fully saturated rings. The van der Waals surface area contributed by atoms with Crippen molar-refractivity contribution in [1.82, 2.24) is 9.88 Å². The van der Waals surface area contributed by atoms with Crippen LogP contribution in [0.5, 0.6) is 0 Å². The fourth-order valence-electron chi connectivity index (χ4n) is 3.23. The highest BCUT2D eigenvalue weighted by Gasteiger charge is 2.28. The molecule has 3 aromatic rings. The molecule has 1 saturated heterocycles. The molecule has 0 radical (unpaired) electrons. The van der Waals surface area contributed by atoms with Gasteiger partial charge >= 0.3 is 0 Å². The van der Waals surface area contributed by atoms with Gasteiger partial charge in [0.05, 0.1) is 5.56 Å². The lowest BCUT2D eigenvalue weighted by atomic mass is 9.96. The Labute approximate surface area is 152 Å². The highest BCUT2D eigenvalue weighted by Crippen LogP contribution is 2.30. The van der Waals surface area contributed by atoms with Crippen LogP contribution in [-0.4, -0.2) is 28.9 Å². The summed E-state index contributed by atoms with van der Waals surface area (Å²) in [6, 6.07) is 12.1. The average Bonchev–Trinajstić information content (AvgIpc) is 3.07. The molecular formula is C19H16BrFN2O2. The lowest BCUT2D eigenvalue weighted by molar-refractivity contribution is 0.0702. The SMILES string of the molecule is O=C(c1cc(Br)ccc1F)N1CCC(c2nc3ccccc3o2)CC1. The van der Waals surface area contributed by atoms with Crippen LogP contribution < -0.4 is 0 Å². The van der Waals surface area contributed by atoms with Crippen molar-refractivity contribution in [2.45, 2.75) is 18.8 Å². The number of benzene rings is 2. The summed E-state index contributed by atoms with van der Waals surface area (Å²) in [4.78, 5) is 18.8. The van der Waals surface area contributed by atoms with Crippen LogP contribution in [0.2, 0.25) is 0 Å². The summed E-state index contributed by atoms with van der Waals surface area (Å²) in [5, 5.41) is 0. The first kappa shape index (κ1) is 16.3. The van der Waals surface area contributed by atoms with Crippen molar-refractivity contribution in [2.24, 2.45) is 0 Å². The number of hydrogen-bond acceptors (Lipinski definition) is 3. The van der Waals surface area contributed by atoms with Crippen molar-refractivity contribution in [1.29, 1.82) is 0 Å². The van der Waals surface area contributed by atoms with E-state index in [1.165, 1.54) is 12.1 Å². The molecule has 2 heterocycles. The van der Waals surface area contributed by atoms with Gasteiger partial charge in [-0.25, -0.2) is 9.37 Å². The third kappa shape index (κ3) is 3.18. The predicted molar refractivity (Wildman–Crippen MR) is 96.0 cm³/mol. The maximum atomic E-state index is 13.9. The van der Waals surface area contributed by atoms with Crippen LogP contribution in [-0.2, 0) is 0 Å². The highest BCUT2D eigenvalue weighted by molar-refractivity contribution is 9.10. The van der Waals surface area contributed by atoms with Crippen LogP contribution in [0, 0.1) is 5.82 Å². The zero-order chi connectivity index (χ0) is 17.4. The van der Waals surface area contributed by atoms with E-state index in [1.807, 2.05) is 24.3 Å². The molecule has 2 aromatic carbocycles. The Kier molecular flexibility index (Phi) is 4.29. The number of oxazole rings is 1. The van der Waals surface area contributed by atoms with E-state index in [1.54, 1.807) is 11.0 Å². The number of halogens is 2. The van der Waals surface area contributed by atoms with Crippen molar-refractivity contribution in [3.05, 3.63) is 64.2 Å². The van der Waals surface area contributed by atoms with E-state index in [-0.39, 0.29) is 17.4 Å². The van der Waals surface area contributed by atoms with E-state index >= 15 is 0 Å². The van der Waals surface area contributed by atoms with Gasteiger partial charge in [-0.2, -0.15) is 0 Å². The molecule has 1 aliphatic heterocycles. The summed E-state index contributed by atoms with van der Waals surface area (Å²) < 4.78 is 20.5. The molecule has 0 aliphatic carbocycles. The summed E-state index contributed by atoms with van der Waals surface area (Å²) in [6.07, 6.45) is 1.52. The Hall–Kier alpha value is -2.21. The molecule has 1 aliphatic rings. The predicted octanol–water partition coefficient (Wildman–Crippen LogP) is 4.75. The quantitative estimate of drug-likeness (QED) is 0.621. The molecule has 0 bridgehead atoms. The van der Waals surface area contributed by atoms with Gasteiger partial charge in [-0.15, -0.1) is 0 Å².